The highest BCUT2D eigenvalue weighted by Crippen LogP contribution is 2.44. The van der Waals surface area contributed by atoms with Crippen molar-refractivity contribution in [1.82, 2.24) is 4.57 Å². The second kappa shape index (κ2) is 5.43. The number of nitrogens with zero attached hydrogens (tertiary/aromatic N) is 1. The number of carbonyl (C=O) groups excluding carboxylic acids is 1. The molecule has 0 radical (unpaired) electrons. The van der Waals surface area contributed by atoms with Crippen LogP contribution in [0.2, 0.25) is 0 Å². The minimum atomic E-state index is -4.87. The highest BCUT2D eigenvalue weighted by Gasteiger charge is 2.41. The lowest BCUT2D eigenvalue weighted by atomic mass is 10.0. The lowest BCUT2D eigenvalue weighted by Gasteiger charge is -2.08. The summed E-state index contributed by atoms with van der Waals surface area (Å²) in [5.41, 5.74) is 1.48. The molecule has 0 unspecified atom stereocenters. The molecule has 0 atom stereocenters. The number of alkyl halides is 3. The van der Waals surface area contributed by atoms with Gasteiger partial charge in [0, 0.05) is 25.2 Å². The molecule has 3 rings (SSSR count). The van der Waals surface area contributed by atoms with E-state index in [2.05, 4.69) is 0 Å². The maximum atomic E-state index is 12.8. The van der Waals surface area contributed by atoms with Crippen LogP contribution in [0.5, 0.6) is 0 Å². The van der Waals surface area contributed by atoms with Crippen molar-refractivity contribution in [3.63, 3.8) is 0 Å². The van der Waals surface area contributed by atoms with Gasteiger partial charge in [-0.25, -0.2) is 0 Å². The fourth-order valence-electron chi connectivity index (χ4n) is 2.81. The Morgan fingerprint density at radius 1 is 1.36 bits per heavy atom. The van der Waals surface area contributed by atoms with Gasteiger partial charge in [-0.05, 0) is 24.3 Å². The van der Waals surface area contributed by atoms with Crippen molar-refractivity contribution in [1.29, 1.82) is 0 Å². The van der Waals surface area contributed by atoms with Crippen LogP contribution in [0.4, 0.5) is 13.2 Å². The molecule has 0 amide bonds. The molecular weight excluding hydrogens is 295 g/mol. The number of halogens is 3. The number of rotatable bonds is 5. The van der Waals surface area contributed by atoms with Gasteiger partial charge in [0.25, 0.3) is 5.78 Å². The zero-order chi connectivity index (χ0) is 15.9. The summed E-state index contributed by atoms with van der Waals surface area (Å²) in [7, 11) is 1.54. The summed E-state index contributed by atoms with van der Waals surface area (Å²) >= 11 is 0. The van der Waals surface area contributed by atoms with Crippen molar-refractivity contribution >= 4 is 16.7 Å². The fourth-order valence-corrected chi connectivity index (χ4v) is 2.81. The van der Waals surface area contributed by atoms with E-state index in [0.29, 0.717) is 24.5 Å². The number of aromatic nitrogens is 1. The van der Waals surface area contributed by atoms with Gasteiger partial charge in [-0.3, -0.25) is 4.79 Å². The van der Waals surface area contributed by atoms with E-state index in [-0.39, 0.29) is 5.56 Å². The number of benzene rings is 1. The molecule has 0 bridgehead atoms. The number of ketones is 1. The van der Waals surface area contributed by atoms with Crippen LogP contribution in [-0.2, 0) is 11.3 Å². The van der Waals surface area contributed by atoms with Crippen LogP contribution < -0.4 is 0 Å². The van der Waals surface area contributed by atoms with Gasteiger partial charge in [0.05, 0.1) is 17.7 Å². The van der Waals surface area contributed by atoms with E-state index in [1.54, 1.807) is 16.7 Å². The first-order chi connectivity index (χ1) is 10.4. The van der Waals surface area contributed by atoms with Gasteiger partial charge in [0.15, 0.2) is 0 Å². The van der Waals surface area contributed by atoms with Crippen molar-refractivity contribution in [2.24, 2.45) is 0 Å². The Hall–Kier alpha value is -1.82. The third-order valence-corrected chi connectivity index (χ3v) is 3.99. The van der Waals surface area contributed by atoms with E-state index < -0.39 is 12.0 Å². The second-order valence-electron chi connectivity index (χ2n) is 5.57. The Morgan fingerprint density at radius 2 is 2.09 bits per heavy atom. The summed E-state index contributed by atoms with van der Waals surface area (Å²) in [6.45, 7) is 0.796. The Labute approximate surface area is 125 Å². The average molecular weight is 311 g/mol. The number of hydrogen-bond donors (Lipinski definition) is 0. The van der Waals surface area contributed by atoms with Gasteiger partial charge >= 0.3 is 6.18 Å². The summed E-state index contributed by atoms with van der Waals surface area (Å²) in [6.07, 6.45) is -1.48. The van der Waals surface area contributed by atoms with E-state index in [1.165, 1.54) is 13.3 Å². The third-order valence-electron chi connectivity index (χ3n) is 3.99. The van der Waals surface area contributed by atoms with Crippen molar-refractivity contribution in [2.75, 3.05) is 13.7 Å². The maximum Gasteiger partial charge on any atom is 0.454 e. The number of carbonyl (C=O) groups is 1. The Bertz CT molecular complexity index is 714. The van der Waals surface area contributed by atoms with Crippen LogP contribution in [0, 0.1) is 0 Å². The molecule has 0 aliphatic heterocycles. The molecule has 118 valence electrons. The molecule has 1 saturated carbocycles. The number of para-hydroxylation sites is 1. The first-order valence-electron chi connectivity index (χ1n) is 7.15. The number of ether oxygens (including phenoxy) is 1. The van der Waals surface area contributed by atoms with E-state index in [1.807, 2.05) is 6.07 Å². The van der Waals surface area contributed by atoms with Crippen molar-refractivity contribution in [3.8, 4) is 0 Å². The zero-order valence-electron chi connectivity index (χ0n) is 12.1. The zero-order valence-corrected chi connectivity index (χ0v) is 12.1. The molecular formula is C16H16F3NO2. The van der Waals surface area contributed by atoms with E-state index in [4.69, 9.17) is 4.74 Å². The summed E-state index contributed by atoms with van der Waals surface area (Å²) in [5.74, 6) is -1.41. The highest BCUT2D eigenvalue weighted by molar-refractivity contribution is 6.11. The van der Waals surface area contributed by atoms with Gasteiger partial charge in [-0.2, -0.15) is 13.2 Å². The molecule has 0 spiro atoms. The summed E-state index contributed by atoms with van der Waals surface area (Å²) in [6, 6.07) is 5.25. The van der Waals surface area contributed by atoms with Crippen LogP contribution in [0.15, 0.2) is 24.4 Å². The van der Waals surface area contributed by atoms with Gasteiger partial charge < -0.3 is 9.30 Å². The van der Waals surface area contributed by atoms with Crippen molar-refractivity contribution in [3.05, 3.63) is 35.5 Å². The van der Waals surface area contributed by atoms with Crippen LogP contribution in [0.1, 0.15) is 34.7 Å². The summed E-state index contributed by atoms with van der Waals surface area (Å²) < 4.78 is 45.2. The predicted octanol–water partition coefficient (Wildman–Crippen LogP) is 3.91. The summed E-state index contributed by atoms with van der Waals surface area (Å²) in [4.78, 5) is 11.7. The highest BCUT2D eigenvalue weighted by atomic mass is 19.4. The lowest BCUT2D eigenvalue weighted by molar-refractivity contribution is -0.0884. The molecule has 6 heteroatoms. The molecule has 1 aliphatic rings. The molecule has 1 fully saturated rings. The quantitative estimate of drug-likeness (QED) is 0.784. The van der Waals surface area contributed by atoms with Gasteiger partial charge in [0.2, 0.25) is 0 Å². The normalized spacial score (nSPS) is 15.5. The Balaban J connectivity index is 2.17. The molecule has 22 heavy (non-hydrogen) atoms. The van der Waals surface area contributed by atoms with Gasteiger partial charge in [0.1, 0.15) is 0 Å². The second-order valence-corrected chi connectivity index (χ2v) is 5.57. The molecule has 3 nitrogen and oxygen atoms in total. The Kier molecular flexibility index (Phi) is 3.72. The monoisotopic (exact) mass is 311 g/mol. The topological polar surface area (TPSA) is 31.2 Å². The van der Waals surface area contributed by atoms with Gasteiger partial charge in [-0.15, -0.1) is 0 Å². The number of methoxy groups -OCH3 is 1. The molecule has 1 aliphatic carbocycles. The van der Waals surface area contributed by atoms with Crippen LogP contribution in [-0.4, -0.2) is 30.2 Å². The minimum absolute atomic E-state index is 0.277. The van der Waals surface area contributed by atoms with E-state index >= 15 is 0 Å². The lowest BCUT2D eigenvalue weighted by Crippen LogP contribution is -2.22. The number of Topliss-reactive ketones (excluding diaryl/α,β-unsaturated/α-hetero) is 1. The van der Waals surface area contributed by atoms with Crippen molar-refractivity contribution < 1.29 is 22.7 Å². The van der Waals surface area contributed by atoms with Crippen molar-refractivity contribution in [2.45, 2.75) is 31.5 Å². The van der Waals surface area contributed by atoms with E-state index in [9.17, 15) is 18.0 Å². The minimum Gasteiger partial charge on any atom is -0.383 e. The fraction of sp³-hybridized carbons (Fsp3) is 0.438. The van der Waals surface area contributed by atoms with Crippen LogP contribution in [0.25, 0.3) is 10.9 Å². The molecule has 1 aromatic heterocycles. The maximum absolute atomic E-state index is 12.8. The average Bonchev–Trinajstić information content (AvgIpc) is 3.25. The van der Waals surface area contributed by atoms with Gasteiger partial charge in [-0.1, -0.05) is 18.2 Å². The molecule has 0 saturated heterocycles. The smallest absolute Gasteiger partial charge is 0.383 e. The standard InChI is InChI=1S/C16H16F3NO2/c1-22-8-7-20-9-13(15(21)16(17,18)19)12-4-2-3-11(14(12)20)10-5-6-10/h2-4,9-10H,5-8H2,1H3. The first kappa shape index (κ1) is 15.1. The van der Waals surface area contributed by atoms with Crippen LogP contribution in [0.3, 0.4) is 0 Å². The first-order valence-corrected chi connectivity index (χ1v) is 7.15. The Morgan fingerprint density at radius 3 is 2.68 bits per heavy atom. The molecule has 1 heterocycles. The number of fused-ring (bicyclic) bond motifs is 1. The molecule has 2 aromatic rings. The number of hydrogen-bond acceptors (Lipinski definition) is 2. The summed E-state index contributed by atoms with van der Waals surface area (Å²) in [5, 5.41) is 0.378. The van der Waals surface area contributed by atoms with Crippen LogP contribution >= 0.6 is 0 Å². The largest absolute Gasteiger partial charge is 0.454 e. The molecule has 0 N–H and O–H groups in total. The van der Waals surface area contributed by atoms with E-state index in [0.717, 1.165) is 23.9 Å². The third kappa shape index (κ3) is 2.63. The SMILES string of the molecule is COCCn1cc(C(=O)C(F)(F)F)c2cccc(C3CC3)c21. The molecule has 1 aromatic carbocycles. The predicted molar refractivity (Wildman–Crippen MR) is 76.2 cm³/mol.